The zero-order valence-corrected chi connectivity index (χ0v) is 13.1. The quantitative estimate of drug-likeness (QED) is 0.843. The second-order valence-electron chi connectivity index (χ2n) is 5.42. The van der Waals surface area contributed by atoms with Crippen LogP contribution in [0.1, 0.15) is 25.0 Å². The Morgan fingerprint density at radius 2 is 2.29 bits per heavy atom. The first-order valence-electron chi connectivity index (χ1n) is 6.82. The van der Waals surface area contributed by atoms with E-state index in [9.17, 15) is 4.79 Å². The van der Waals surface area contributed by atoms with Gasteiger partial charge in [-0.3, -0.25) is 9.78 Å². The lowest BCUT2D eigenvalue weighted by molar-refractivity contribution is -0.138. The SMILES string of the molecule is O=C(O)CC1(CSCc2csc(-c3ccccn3)n2)CC1. The molecule has 0 saturated heterocycles. The summed E-state index contributed by atoms with van der Waals surface area (Å²) in [5, 5.41) is 11.9. The Morgan fingerprint density at radius 1 is 1.43 bits per heavy atom. The van der Waals surface area contributed by atoms with E-state index in [0.717, 1.165) is 40.7 Å². The molecule has 0 unspecified atom stereocenters. The van der Waals surface area contributed by atoms with Crippen LogP contribution in [0.5, 0.6) is 0 Å². The molecule has 4 nitrogen and oxygen atoms in total. The minimum atomic E-state index is -0.681. The number of aromatic nitrogens is 2. The first kappa shape index (κ1) is 14.5. The van der Waals surface area contributed by atoms with Crippen molar-refractivity contribution in [1.82, 2.24) is 9.97 Å². The van der Waals surface area contributed by atoms with Crippen molar-refractivity contribution >= 4 is 29.1 Å². The number of carboxylic acid groups (broad SMARTS) is 1. The van der Waals surface area contributed by atoms with Gasteiger partial charge in [-0.2, -0.15) is 11.8 Å². The zero-order valence-electron chi connectivity index (χ0n) is 11.5. The van der Waals surface area contributed by atoms with Crippen LogP contribution in [0.2, 0.25) is 0 Å². The number of aliphatic carboxylic acids is 1. The topological polar surface area (TPSA) is 63.1 Å². The molecule has 1 aliphatic carbocycles. The fraction of sp³-hybridized carbons (Fsp3) is 0.400. The van der Waals surface area contributed by atoms with E-state index in [2.05, 4.69) is 15.3 Å². The maximum Gasteiger partial charge on any atom is 0.303 e. The van der Waals surface area contributed by atoms with E-state index in [1.807, 2.05) is 18.2 Å². The smallest absolute Gasteiger partial charge is 0.303 e. The summed E-state index contributed by atoms with van der Waals surface area (Å²) in [5.41, 5.74) is 2.01. The number of rotatable bonds is 7. The summed E-state index contributed by atoms with van der Waals surface area (Å²) in [6, 6.07) is 5.81. The van der Waals surface area contributed by atoms with Gasteiger partial charge in [0.25, 0.3) is 0 Å². The highest BCUT2D eigenvalue weighted by molar-refractivity contribution is 7.98. The number of carboxylic acids is 1. The molecule has 1 fully saturated rings. The molecule has 0 spiro atoms. The minimum Gasteiger partial charge on any atom is -0.481 e. The summed E-state index contributed by atoms with van der Waals surface area (Å²) in [5.74, 6) is 1.07. The van der Waals surface area contributed by atoms with Gasteiger partial charge in [-0.05, 0) is 36.1 Å². The molecular formula is C15H16N2O2S2. The molecule has 1 N–H and O–H groups in total. The number of thioether (sulfide) groups is 1. The van der Waals surface area contributed by atoms with Crippen molar-refractivity contribution in [2.24, 2.45) is 5.41 Å². The maximum absolute atomic E-state index is 10.8. The summed E-state index contributed by atoms with van der Waals surface area (Å²) in [6.45, 7) is 0. The average molecular weight is 320 g/mol. The van der Waals surface area contributed by atoms with Crippen LogP contribution in [-0.4, -0.2) is 26.8 Å². The molecule has 1 aliphatic rings. The van der Waals surface area contributed by atoms with Gasteiger partial charge in [0.15, 0.2) is 0 Å². The number of hydrogen-bond acceptors (Lipinski definition) is 5. The molecule has 0 radical (unpaired) electrons. The molecule has 2 aromatic heterocycles. The zero-order chi connectivity index (χ0) is 14.7. The molecule has 2 aromatic rings. The number of carbonyl (C=O) groups is 1. The van der Waals surface area contributed by atoms with E-state index in [0.29, 0.717) is 6.42 Å². The van der Waals surface area contributed by atoms with E-state index in [1.54, 1.807) is 29.3 Å². The van der Waals surface area contributed by atoms with Crippen LogP contribution < -0.4 is 0 Å². The molecule has 0 aromatic carbocycles. The van der Waals surface area contributed by atoms with Crippen molar-refractivity contribution in [2.75, 3.05) is 5.75 Å². The molecule has 1 saturated carbocycles. The number of thiazole rings is 1. The predicted molar refractivity (Wildman–Crippen MR) is 85.4 cm³/mol. The van der Waals surface area contributed by atoms with Crippen molar-refractivity contribution in [3.05, 3.63) is 35.5 Å². The highest BCUT2D eigenvalue weighted by Gasteiger charge is 2.44. The lowest BCUT2D eigenvalue weighted by Gasteiger charge is -2.10. The summed E-state index contributed by atoms with van der Waals surface area (Å²) < 4.78 is 0. The van der Waals surface area contributed by atoms with Gasteiger partial charge >= 0.3 is 5.97 Å². The maximum atomic E-state index is 10.8. The van der Waals surface area contributed by atoms with Crippen LogP contribution in [0.15, 0.2) is 29.8 Å². The van der Waals surface area contributed by atoms with Crippen molar-refractivity contribution < 1.29 is 9.90 Å². The van der Waals surface area contributed by atoms with E-state index in [-0.39, 0.29) is 5.41 Å². The van der Waals surface area contributed by atoms with Crippen LogP contribution >= 0.6 is 23.1 Å². The van der Waals surface area contributed by atoms with Crippen LogP contribution in [0.4, 0.5) is 0 Å². The van der Waals surface area contributed by atoms with Crippen LogP contribution in [0, 0.1) is 5.41 Å². The second-order valence-corrected chi connectivity index (χ2v) is 7.27. The van der Waals surface area contributed by atoms with Crippen LogP contribution in [0.25, 0.3) is 10.7 Å². The molecule has 3 rings (SSSR count). The number of pyridine rings is 1. The molecule has 0 amide bonds. The Kier molecular flexibility index (Phi) is 4.26. The average Bonchev–Trinajstić information content (AvgIpc) is 3.05. The summed E-state index contributed by atoms with van der Waals surface area (Å²) in [4.78, 5) is 19.7. The molecular weight excluding hydrogens is 304 g/mol. The van der Waals surface area contributed by atoms with E-state index >= 15 is 0 Å². The Hall–Kier alpha value is -1.40. The fourth-order valence-corrected chi connectivity index (χ4v) is 4.41. The second kappa shape index (κ2) is 6.15. The Morgan fingerprint density at radius 3 is 2.95 bits per heavy atom. The highest BCUT2D eigenvalue weighted by atomic mass is 32.2. The predicted octanol–water partition coefficient (Wildman–Crippen LogP) is 3.69. The largest absolute Gasteiger partial charge is 0.481 e. The van der Waals surface area contributed by atoms with Gasteiger partial charge < -0.3 is 5.11 Å². The number of nitrogens with zero attached hydrogens (tertiary/aromatic N) is 2. The third-order valence-electron chi connectivity index (χ3n) is 3.58. The molecule has 2 heterocycles. The Labute approximate surface area is 131 Å². The summed E-state index contributed by atoms with van der Waals surface area (Å²) in [6.07, 6.45) is 4.16. The molecule has 110 valence electrons. The minimum absolute atomic E-state index is 0.0519. The van der Waals surface area contributed by atoms with Gasteiger partial charge in [0.1, 0.15) is 5.01 Å². The summed E-state index contributed by atoms with van der Waals surface area (Å²) >= 11 is 3.39. The van der Waals surface area contributed by atoms with Crippen molar-refractivity contribution in [3.8, 4) is 10.7 Å². The van der Waals surface area contributed by atoms with E-state index in [1.165, 1.54) is 0 Å². The van der Waals surface area contributed by atoms with Crippen LogP contribution in [-0.2, 0) is 10.5 Å². The van der Waals surface area contributed by atoms with E-state index in [4.69, 9.17) is 5.11 Å². The Bertz CT molecular complexity index is 624. The van der Waals surface area contributed by atoms with Crippen molar-refractivity contribution in [2.45, 2.75) is 25.0 Å². The van der Waals surface area contributed by atoms with E-state index < -0.39 is 5.97 Å². The summed E-state index contributed by atoms with van der Waals surface area (Å²) in [7, 11) is 0. The first-order chi connectivity index (χ1) is 10.2. The molecule has 0 atom stereocenters. The third kappa shape index (κ3) is 3.83. The van der Waals surface area contributed by atoms with Gasteiger partial charge in [-0.25, -0.2) is 4.98 Å². The molecule has 6 heteroatoms. The molecule has 0 bridgehead atoms. The lowest BCUT2D eigenvalue weighted by atomic mass is 10.1. The van der Waals surface area contributed by atoms with Gasteiger partial charge in [0.2, 0.25) is 0 Å². The Balaban J connectivity index is 1.53. The molecule has 0 aliphatic heterocycles. The highest BCUT2D eigenvalue weighted by Crippen LogP contribution is 2.51. The van der Waals surface area contributed by atoms with Crippen molar-refractivity contribution in [3.63, 3.8) is 0 Å². The van der Waals surface area contributed by atoms with Gasteiger partial charge in [0, 0.05) is 17.3 Å². The third-order valence-corrected chi connectivity index (χ3v) is 5.81. The standard InChI is InChI=1S/C15H16N2O2S2/c18-13(19)7-15(4-5-15)10-20-8-11-9-21-14(17-11)12-3-1-2-6-16-12/h1-3,6,9H,4-5,7-8,10H2,(H,18,19). The monoisotopic (exact) mass is 320 g/mol. The van der Waals surface area contributed by atoms with Gasteiger partial charge in [-0.15, -0.1) is 11.3 Å². The van der Waals surface area contributed by atoms with Gasteiger partial charge in [-0.1, -0.05) is 6.07 Å². The number of hydrogen-bond donors (Lipinski definition) is 1. The lowest BCUT2D eigenvalue weighted by Crippen LogP contribution is -2.11. The van der Waals surface area contributed by atoms with Gasteiger partial charge in [0.05, 0.1) is 17.8 Å². The normalized spacial score (nSPS) is 15.8. The van der Waals surface area contributed by atoms with Crippen molar-refractivity contribution in [1.29, 1.82) is 0 Å². The molecule has 21 heavy (non-hydrogen) atoms. The first-order valence-corrected chi connectivity index (χ1v) is 8.86. The fourth-order valence-electron chi connectivity index (χ4n) is 2.22. The van der Waals surface area contributed by atoms with Crippen LogP contribution in [0.3, 0.4) is 0 Å².